The van der Waals surface area contributed by atoms with E-state index in [1.165, 1.54) is 11.8 Å². The van der Waals surface area contributed by atoms with Gasteiger partial charge in [-0.2, -0.15) is 4.68 Å². The van der Waals surface area contributed by atoms with Gasteiger partial charge < -0.3 is 11.6 Å². The minimum Gasteiger partial charge on any atom is -0.398 e. The van der Waals surface area contributed by atoms with Gasteiger partial charge in [-0.3, -0.25) is 4.79 Å². The fourth-order valence-corrected chi connectivity index (χ4v) is 2.13. The smallest absolute Gasteiger partial charge is 0.294 e. The molecule has 0 saturated heterocycles. The molecule has 2 aromatic rings. The second-order valence-corrected chi connectivity index (χ2v) is 4.96. The number of benzene rings is 1. The lowest BCUT2D eigenvalue weighted by Gasteiger charge is -2.08. The molecule has 0 bridgehead atoms. The monoisotopic (exact) mass is 277 g/mol. The molecule has 1 heterocycles. The number of aromatic nitrogens is 3. The molecule has 19 heavy (non-hydrogen) atoms. The first-order chi connectivity index (χ1) is 9.02. The predicted octanol–water partition coefficient (Wildman–Crippen LogP) is 0.555. The summed E-state index contributed by atoms with van der Waals surface area (Å²) in [5, 5.41) is 8.22. The molecule has 4 N–H and O–H groups in total. The second-order valence-electron chi connectivity index (χ2n) is 4.19. The van der Waals surface area contributed by atoms with Crippen LogP contribution in [0.15, 0.2) is 28.2 Å². The van der Waals surface area contributed by atoms with Crippen LogP contribution in [0.4, 0.5) is 5.69 Å². The van der Waals surface area contributed by atoms with Gasteiger partial charge in [0, 0.05) is 12.1 Å². The van der Waals surface area contributed by atoms with Gasteiger partial charge in [0.15, 0.2) is 0 Å². The highest BCUT2D eigenvalue weighted by atomic mass is 32.2. The largest absolute Gasteiger partial charge is 0.398 e. The zero-order valence-corrected chi connectivity index (χ0v) is 11.6. The lowest BCUT2D eigenvalue weighted by molar-refractivity contribution is 0.673. The lowest BCUT2D eigenvalue weighted by atomic mass is 10.1. The summed E-state index contributed by atoms with van der Waals surface area (Å²) >= 11 is 1.27. The van der Waals surface area contributed by atoms with E-state index < -0.39 is 0 Å². The van der Waals surface area contributed by atoms with E-state index in [1.54, 1.807) is 6.26 Å². The number of thioether (sulfide) groups is 1. The lowest BCUT2D eigenvalue weighted by Crippen LogP contribution is -2.33. The average Bonchev–Trinajstić information content (AvgIpc) is 2.38. The van der Waals surface area contributed by atoms with Crippen LogP contribution in [0.1, 0.15) is 16.8 Å². The molecule has 0 unspecified atom stereocenters. The molecule has 2 rings (SSSR count). The Morgan fingerprint density at radius 1 is 1.37 bits per heavy atom. The van der Waals surface area contributed by atoms with Crippen molar-refractivity contribution in [2.24, 2.45) is 0 Å². The van der Waals surface area contributed by atoms with Crippen LogP contribution < -0.4 is 17.1 Å². The van der Waals surface area contributed by atoms with E-state index >= 15 is 0 Å². The molecule has 100 valence electrons. The van der Waals surface area contributed by atoms with Crippen molar-refractivity contribution in [2.75, 3.05) is 17.8 Å². The van der Waals surface area contributed by atoms with E-state index in [1.807, 2.05) is 25.1 Å². The summed E-state index contributed by atoms with van der Waals surface area (Å²) in [6.45, 7) is 1.96. The zero-order chi connectivity index (χ0) is 14.0. The van der Waals surface area contributed by atoms with E-state index in [2.05, 4.69) is 10.2 Å². The first-order valence-electron chi connectivity index (χ1n) is 5.65. The van der Waals surface area contributed by atoms with Gasteiger partial charge in [0.05, 0.1) is 0 Å². The van der Waals surface area contributed by atoms with Gasteiger partial charge in [0.2, 0.25) is 5.16 Å². The van der Waals surface area contributed by atoms with E-state index in [9.17, 15) is 4.79 Å². The summed E-state index contributed by atoms with van der Waals surface area (Å²) in [6, 6.07) is 5.69. The number of nitrogens with two attached hydrogens (primary N) is 2. The van der Waals surface area contributed by atoms with Gasteiger partial charge in [-0.05, 0) is 30.4 Å². The number of hydrogen-bond acceptors (Lipinski definition) is 6. The van der Waals surface area contributed by atoms with Crippen LogP contribution in [0.2, 0.25) is 0 Å². The maximum Gasteiger partial charge on any atom is 0.294 e. The van der Waals surface area contributed by atoms with Crippen molar-refractivity contribution in [3.63, 3.8) is 0 Å². The van der Waals surface area contributed by atoms with Gasteiger partial charge >= 0.3 is 0 Å². The maximum absolute atomic E-state index is 12.0. The first-order valence-corrected chi connectivity index (χ1v) is 6.88. The Balaban J connectivity index is 2.39. The fraction of sp³-hybridized carbons (Fsp3) is 0.250. The predicted molar refractivity (Wildman–Crippen MR) is 76.6 cm³/mol. The topological polar surface area (TPSA) is 99.8 Å². The summed E-state index contributed by atoms with van der Waals surface area (Å²) in [5.41, 5.74) is 8.41. The van der Waals surface area contributed by atoms with Gasteiger partial charge in [0.1, 0.15) is 5.69 Å². The average molecular weight is 277 g/mol. The van der Waals surface area contributed by atoms with Gasteiger partial charge in [-0.1, -0.05) is 23.9 Å². The molecule has 6 nitrogen and oxygen atoms in total. The zero-order valence-electron chi connectivity index (χ0n) is 10.8. The molecule has 0 aliphatic rings. The fourth-order valence-electron chi connectivity index (χ4n) is 1.73. The molecule has 0 aliphatic heterocycles. The molecule has 0 amide bonds. The summed E-state index contributed by atoms with van der Waals surface area (Å²) < 4.78 is 1.01. The molecular formula is C12H15N5OS. The third-order valence-electron chi connectivity index (χ3n) is 2.77. The van der Waals surface area contributed by atoms with Crippen molar-refractivity contribution in [1.82, 2.24) is 14.9 Å². The number of aryl methyl sites for hydroxylation is 1. The van der Waals surface area contributed by atoms with Crippen LogP contribution in [0.5, 0.6) is 0 Å². The maximum atomic E-state index is 12.0. The molecule has 0 spiro atoms. The van der Waals surface area contributed by atoms with Gasteiger partial charge in [0.25, 0.3) is 5.56 Å². The summed E-state index contributed by atoms with van der Waals surface area (Å²) in [7, 11) is 0. The van der Waals surface area contributed by atoms with Gasteiger partial charge in [-0.15, -0.1) is 10.2 Å². The first kappa shape index (κ1) is 13.4. The Bertz CT molecular complexity index is 668. The van der Waals surface area contributed by atoms with Crippen LogP contribution in [-0.4, -0.2) is 21.1 Å². The van der Waals surface area contributed by atoms with Crippen molar-refractivity contribution < 1.29 is 0 Å². The minimum absolute atomic E-state index is 0.288. The highest BCUT2D eigenvalue weighted by Gasteiger charge is 2.11. The number of anilines is 1. The number of nitrogens with zero attached hydrogens (tertiary/aromatic N) is 3. The summed E-state index contributed by atoms with van der Waals surface area (Å²) in [4.78, 5) is 12.0. The van der Waals surface area contributed by atoms with Crippen LogP contribution >= 0.6 is 11.8 Å². The standard InChI is InChI=1S/C12H15N5OS/c1-7-3-4-8(9(13)5-7)6-10-11(18)17(14)12(19-2)16-15-10/h3-5H,6,13-14H2,1-2H3. The van der Waals surface area contributed by atoms with Crippen LogP contribution in [0, 0.1) is 6.92 Å². The third kappa shape index (κ3) is 2.70. The van der Waals surface area contributed by atoms with Crippen LogP contribution in [0.3, 0.4) is 0 Å². The molecule has 7 heteroatoms. The Hall–Kier alpha value is -2.02. The van der Waals surface area contributed by atoms with Crippen molar-refractivity contribution in [1.29, 1.82) is 0 Å². The normalized spacial score (nSPS) is 10.6. The molecule has 1 aromatic heterocycles. The SMILES string of the molecule is CSc1nnc(Cc2ccc(C)cc2N)c(=O)n1N. The molecule has 0 aliphatic carbocycles. The Morgan fingerprint density at radius 2 is 2.11 bits per heavy atom. The Morgan fingerprint density at radius 3 is 2.74 bits per heavy atom. The van der Waals surface area contributed by atoms with Crippen molar-refractivity contribution >= 4 is 17.4 Å². The van der Waals surface area contributed by atoms with Crippen molar-refractivity contribution in [3.8, 4) is 0 Å². The highest BCUT2D eigenvalue weighted by molar-refractivity contribution is 7.98. The molecule has 0 fully saturated rings. The van der Waals surface area contributed by atoms with E-state index in [0.29, 0.717) is 17.3 Å². The number of rotatable bonds is 3. The second kappa shape index (κ2) is 5.31. The van der Waals surface area contributed by atoms with E-state index in [-0.39, 0.29) is 11.3 Å². The van der Waals surface area contributed by atoms with E-state index in [0.717, 1.165) is 15.8 Å². The molecule has 0 saturated carbocycles. The molecule has 1 aromatic carbocycles. The quantitative estimate of drug-likeness (QED) is 0.483. The molecule has 0 radical (unpaired) electrons. The molecular weight excluding hydrogens is 262 g/mol. The van der Waals surface area contributed by atoms with E-state index in [4.69, 9.17) is 11.6 Å². The summed E-state index contributed by atoms with van der Waals surface area (Å²) in [5.74, 6) is 5.66. The highest BCUT2D eigenvalue weighted by Crippen LogP contribution is 2.16. The molecule has 0 atom stereocenters. The van der Waals surface area contributed by atoms with Gasteiger partial charge in [-0.25, -0.2) is 0 Å². The van der Waals surface area contributed by atoms with Crippen molar-refractivity contribution in [3.05, 3.63) is 45.4 Å². The summed E-state index contributed by atoms with van der Waals surface area (Å²) in [6.07, 6.45) is 2.11. The Labute approximate surface area is 114 Å². The van der Waals surface area contributed by atoms with Crippen molar-refractivity contribution in [2.45, 2.75) is 18.5 Å². The third-order valence-corrected chi connectivity index (χ3v) is 3.41. The number of hydrogen-bond donors (Lipinski definition) is 2. The van der Waals surface area contributed by atoms with Crippen LogP contribution in [-0.2, 0) is 6.42 Å². The minimum atomic E-state index is -0.348. The number of nitrogen functional groups attached to an aromatic ring is 2. The Kier molecular flexibility index (Phi) is 3.75. The van der Waals surface area contributed by atoms with Crippen LogP contribution in [0.25, 0.3) is 0 Å².